The summed E-state index contributed by atoms with van der Waals surface area (Å²) >= 11 is 0. The zero-order chi connectivity index (χ0) is 35.5. The van der Waals surface area contributed by atoms with Crippen molar-refractivity contribution in [2.75, 3.05) is 26.4 Å². The monoisotopic (exact) mass is 710 g/mol. The molecule has 0 aliphatic carbocycles. The van der Waals surface area contributed by atoms with Crippen molar-refractivity contribution in [3.05, 3.63) is 12.2 Å². The highest BCUT2D eigenvalue weighted by Gasteiger charge is 2.48. The lowest BCUT2D eigenvalue weighted by molar-refractivity contribution is -0.301. The van der Waals surface area contributed by atoms with Gasteiger partial charge in [-0.15, -0.1) is 0 Å². The van der Waals surface area contributed by atoms with E-state index in [1.807, 2.05) is 0 Å². The lowest BCUT2D eigenvalue weighted by Gasteiger charge is -2.41. The Hall–Kier alpha value is -1.16. The van der Waals surface area contributed by atoms with Gasteiger partial charge in [-0.3, -0.25) is 9.35 Å². The van der Waals surface area contributed by atoms with Crippen molar-refractivity contribution in [1.29, 1.82) is 0 Å². The molecule has 6 unspecified atom stereocenters. The summed E-state index contributed by atoms with van der Waals surface area (Å²) in [5.74, 6) is -0.411. The number of aliphatic hydroxyl groups is 3. The number of esters is 1. The van der Waals surface area contributed by atoms with Crippen LogP contribution in [0.5, 0.6) is 0 Å². The third-order valence-corrected chi connectivity index (χ3v) is 8.85. The van der Waals surface area contributed by atoms with Crippen molar-refractivity contribution >= 4 is 16.4 Å². The molecule has 0 saturated carbocycles. The number of hydrogen-bond acceptors (Lipinski definition) is 11. The molecule has 1 aliphatic heterocycles. The van der Waals surface area contributed by atoms with Crippen molar-refractivity contribution in [3.8, 4) is 0 Å². The van der Waals surface area contributed by atoms with Crippen LogP contribution in [0.3, 0.4) is 0 Å². The largest absolute Gasteiger partial charge is 0.457 e. The maximum atomic E-state index is 12.7. The van der Waals surface area contributed by atoms with E-state index in [1.54, 1.807) is 0 Å². The first kappa shape index (κ1) is 44.9. The Morgan fingerprint density at radius 3 is 1.94 bits per heavy atom. The summed E-state index contributed by atoms with van der Waals surface area (Å²) in [5.41, 5.74) is 0. The van der Waals surface area contributed by atoms with Gasteiger partial charge in [0, 0.05) is 13.0 Å². The van der Waals surface area contributed by atoms with Crippen molar-refractivity contribution in [2.24, 2.45) is 0 Å². The minimum Gasteiger partial charge on any atom is -0.457 e. The summed E-state index contributed by atoms with van der Waals surface area (Å²) < 4.78 is 58.6. The first-order valence-corrected chi connectivity index (χ1v) is 19.8. The van der Waals surface area contributed by atoms with Crippen molar-refractivity contribution in [3.63, 3.8) is 0 Å². The second-order valence-corrected chi connectivity index (χ2v) is 13.9. The molecule has 0 aromatic carbocycles. The first-order chi connectivity index (χ1) is 23.1. The fourth-order valence-electron chi connectivity index (χ4n) is 5.53. The van der Waals surface area contributed by atoms with E-state index in [4.69, 9.17) is 23.5 Å². The molecule has 1 fully saturated rings. The van der Waals surface area contributed by atoms with Gasteiger partial charge in [-0.25, -0.2) is 4.18 Å². The molecule has 1 saturated heterocycles. The maximum Gasteiger partial charge on any atom is 0.397 e. The third kappa shape index (κ3) is 22.5. The van der Waals surface area contributed by atoms with Crippen LogP contribution in [0.25, 0.3) is 0 Å². The Labute approximate surface area is 289 Å². The van der Waals surface area contributed by atoms with E-state index in [0.29, 0.717) is 13.0 Å². The summed E-state index contributed by atoms with van der Waals surface area (Å²) in [7, 11) is -5.05. The molecule has 4 N–H and O–H groups in total. The molecule has 0 aromatic heterocycles. The van der Waals surface area contributed by atoms with Gasteiger partial charge in [-0.05, 0) is 32.1 Å². The molecular formula is C35H66O12S. The molecule has 13 heteroatoms. The van der Waals surface area contributed by atoms with Gasteiger partial charge in [-0.1, -0.05) is 116 Å². The highest BCUT2D eigenvalue weighted by Crippen LogP contribution is 2.26. The van der Waals surface area contributed by atoms with E-state index in [9.17, 15) is 28.5 Å². The highest BCUT2D eigenvalue weighted by atomic mass is 32.3. The van der Waals surface area contributed by atoms with E-state index in [2.05, 4.69) is 30.2 Å². The van der Waals surface area contributed by atoms with Crippen LogP contribution in [0.1, 0.15) is 142 Å². The zero-order valence-electron chi connectivity index (χ0n) is 29.6. The van der Waals surface area contributed by atoms with E-state index in [0.717, 1.165) is 57.8 Å². The Bertz CT molecular complexity index is 915. The van der Waals surface area contributed by atoms with Crippen LogP contribution in [0, 0.1) is 0 Å². The minimum absolute atomic E-state index is 0.0365. The number of aliphatic hydroxyl groups excluding tert-OH is 3. The molecule has 0 radical (unpaired) electrons. The molecule has 284 valence electrons. The zero-order valence-corrected chi connectivity index (χ0v) is 30.4. The van der Waals surface area contributed by atoms with Crippen molar-refractivity contribution in [1.82, 2.24) is 0 Å². The Kier molecular flexibility index (Phi) is 26.7. The van der Waals surface area contributed by atoms with Gasteiger partial charge in [0.15, 0.2) is 6.29 Å². The Morgan fingerprint density at radius 1 is 0.771 bits per heavy atom. The van der Waals surface area contributed by atoms with Crippen LogP contribution in [-0.2, 0) is 38.3 Å². The maximum absolute atomic E-state index is 12.7. The minimum atomic E-state index is -5.05. The van der Waals surface area contributed by atoms with Gasteiger partial charge in [0.2, 0.25) is 0 Å². The smallest absolute Gasteiger partial charge is 0.397 e. The lowest BCUT2D eigenvalue weighted by atomic mass is 9.99. The molecule has 48 heavy (non-hydrogen) atoms. The molecule has 0 aromatic rings. The average molecular weight is 711 g/mol. The number of carbonyl (C=O) groups is 1. The molecule has 0 bridgehead atoms. The van der Waals surface area contributed by atoms with Gasteiger partial charge >= 0.3 is 16.4 Å². The third-order valence-electron chi connectivity index (χ3n) is 8.39. The van der Waals surface area contributed by atoms with Crippen LogP contribution >= 0.6 is 0 Å². The van der Waals surface area contributed by atoms with Gasteiger partial charge < -0.3 is 34.3 Å². The van der Waals surface area contributed by atoms with Crippen LogP contribution in [0.2, 0.25) is 0 Å². The molecule has 1 aliphatic rings. The number of allylic oxidation sites excluding steroid dienone is 2. The fraction of sp³-hybridized carbons (Fsp3) is 0.914. The molecular weight excluding hydrogens is 644 g/mol. The van der Waals surface area contributed by atoms with E-state index >= 15 is 0 Å². The number of ether oxygens (including phenoxy) is 4. The number of carbonyl (C=O) groups excluding carboxylic acids is 1. The number of rotatable bonds is 31. The Balaban J connectivity index is 2.55. The normalized spacial score (nSPS) is 22.3. The summed E-state index contributed by atoms with van der Waals surface area (Å²) in [6.07, 6.45) is 16.9. The van der Waals surface area contributed by atoms with Crippen LogP contribution < -0.4 is 0 Å². The average Bonchev–Trinajstić information content (AvgIpc) is 3.05. The molecule has 6 atom stereocenters. The van der Waals surface area contributed by atoms with E-state index < -0.39 is 59.8 Å². The van der Waals surface area contributed by atoms with Crippen molar-refractivity contribution in [2.45, 2.75) is 179 Å². The quantitative estimate of drug-likeness (QED) is 0.0288. The number of hydrogen-bond donors (Lipinski definition) is 4. The van der Waals surface area contributed by atoms with E-state index in [1.165, 1.54) is 57.8 Å². The van der Waals surface area contributed by atoms with Gasteiger partial charge in [-0.2, -0.15) is 8.42 Å². The van der Waals surface area contributed by atoms with Crippen LogP contribution in [0.15, 0.2) is 12.2 Å². The molecule has 12 nitrogen and oxygen atoms in total. The van der Waals surface area contributed by atoms with Crippen LogP contribution in [-0.4, -0.2) is 97.5 Å². The predicted molar refractivity (Wildman–Crippen MR) is 184 cm³/mol. The second kappa shape index (κ2) is 28.5. The predicted octanol–water partition coefficient (Wildman–Crippen LogP) is 5.96. The van der Waals surface area contributed by atoms with Gasteiger partial charge in [0.1, 0.15) is 30.5 Å². The fourth-order valence-corrected chi connectivity index (χ4v) is 6.04. The highest BCUT2D eigenvalue weighted by molar-refractivity contribution is 7.80. The van der Waals surface area contributed by atoms with Crippen molar-refractivity contribution < 1.29 is 56.2 Å². The number of unbranched alkanes of at least 4 members (excludes halogenated alkanes) is 16. The lowest BCUT2D eigenvalue weighted by Crippen LogP contribution is -2.60. The van der Waals surface area contributed by atoms with Crippen LogP contribution in [0.4, 0.5) is 0 Å². The first-order valence-electron chi connectivity index (χ1n) is 18.4. The Morgan fingerprint density at radius 2 is 1.33 bits per heavy atom. The van der Waals surface area contributed by atoms with Gasteiger partial charge in [0.25, 0.3) is 0 Å². The summed E-state index contributed by atoms with van der Waals surface area (Å²) in [6.45, 7) is 3.90. The second-order valence-electron chi connectivity index (χ2n) is 12.8. The molecule has 0 spiro atoms. The molecule has 1 heterocycles. The van der Waals surface area contributed by atoms with E-state index in [-0.39, 0.29) is 19.6 Å². The summed E-state index contributed by atoms with van der Waals surface area (Å²) in [4.78, 5) is 12.7. The SMILES string of the molecule is CCCC/C=C\CCCCCCCC(=O)OC(COCCCCCCCCCCCC)COC1OC(CO)C(O)C(OS(=O)(=O)O)C1O. The molecule has 1 rings (SSSR count). The summed E-state index contributed by atoms with van der Waals surface area (Å²) in [6, 6.07) is 0. The van der Waals surface area contributed by atoms with Gasteiger partial charge in [0.05, 0.1) is 19.8 Å². The topological polar surface area (TPSA) is 178 Å². The summed E-state index contributed by atoms with van der Waals surface area (Å²) in [5, 5.41) is 30.4. The molecule has 0 amide bonds. The standard InChI is InChI=1S/C35H66O12S/c1-3-5-7-9-11-13-15-16-18-20-22-24-31(37)45-29(27-43-25-23-21-19-17-14-12-10-8-6-4-2)28-44-35-33(39)34(47-48(40,41)42)32(38)30(26-36)46-35/h9,11,29-30,32-36,38-39H,3-8,10,12-28H2,1-2H3,(H,40,41,42)/b11-9-.